The van der Waals surface area contributed by atoms with Gasteiger partial charge in [-0.2, -0.15) is 0 Å². The Kier molecular flexibility index (Phi) is 4.72. The fraction of sp³-hybridized carbons (Fsp3) is 0.318. The number of fused-ring (bicyclic) bond motifs is 3. The summed E-state index contributed by atoms with van der Waals surface area (Å²) in [7, 11) is 0. The van der Waals surface area contributed by atoms with E-state index in [4.69, 9.17) is 4.74 Å². The summed E-state index contributed by atoms with van der Waals surface area (Å²) in [5.41, 5.74) is 4.40. The van der Waals surface area contributed by atoms with E-state index < -0.39 is 6.10 Å². The largest absolute Gasteiger partial charge is 0.388 e. The van der Waals surface area contributed by atoms with E-state index in [2.05, 4.69) is 21.7 Å². The molecule has 8 nitrogen and oxygen atoms in total. The number of morpholine rings is 1. The van der Waals surface area contributed by atoms with E-state index in [-0.39, 0.29) is 16.7 Å². The lowest BCUT2D eigenvalue weighted by Crippen LogP contribution is -2.36. The highest BCUT2D eigenvalue weighted by Crippen LogP contribution is 2.43. The first-order valence-electron chi connectivity index (χ1n) is 10.0. The second-order valence-corrected chi connectivity index (χ2v) is 7.65. The highest BCUT2D eigenvalue weighted by molar-refractivity contribution is 5.69. The van der Waals surface area contributed by atoms with Crippen molar-refractivity contribution < 1.29 is 14.8 Å². The molecule has 3 aromatic rings. The molecule has 1 aromatic heterocycles. The van der Waals surface area contributed by atoms with Crippen LogP contribution in [0.5, 0.6) is 0 Å². The fourth-order valence-electron chi connectivity index (χ4n) is 4.49. The van der Waals surface area contributed by atoms with Crippen LogP contribution in [0.1, 0.15) is 29.7 Å². The Morgan fingerprint density at radius 1 is 1.23 bits per heavy atom. The number of rotatable bonds is 5. The molecule has 1 fully saturated rings. The summed E-state index contributed by atoms with van der Waals surface area (Å²) in [6.07, 6.45) is 3.17. The zero-order valence-electron chi connectivity index (χ0n) is 16.3. The van der Waals surface area contributed by atoms with Crippen LogP contribution in [0.3, 0.4) is 0 Å². The molecular weight excluding hydrogens is 384 g/mol. The summed E-state index contributed by atoms with van der Waals surface area (Å²) in [6.45, 7) is 2.34. The van der Waals surface area contributed by atoms with E-state index in [0.29, 0.717) is 44.0 Å². The molecule has 2 aromatic carbocycles. The molecule has 5 rings (SSSR count). The molecule has 0 radical (unpaired) electrons. The van der Waals surface area contributed by atoms with E-state index in [0.717, 1.165) is 16.8 Å². The van der Waals surface area contributed by atoms with Gasteiger partial charge in [0, 0.05) is 31.1 Å². The van der Waals surface area contributed by atoms with Gasteiger partial charge >= 0.3 is 0 Å². The number of nitro benzene ring substituents is 1. The van der Waals surface area contributed by atoms with Crippen molar-refractivity contribution in [1.29, 1.82) is 0 Å². The Morgan fingerprint density at radius 3 is 2.83 bits per heavy atom. The summed E-state index contributed by atoms with van der Waals surface area (Å²) in [5, 5.41) is 22.7. The van der Waals surface area contributed by atoms with Crippen molar-refractivity contribution in [2.45, 2.75) is 18.6 Å². The predicted molar refractivity (Wildman–Crippen MR) is 112 cm³/mol. The number of aliphatic hydroxyl groups excluding tert-OH is 1. The topological polar surface area (TPSA) is 93.7 Å². The normalized spacial score (nSPS) is 18.7. The quantitative estimate of drug-likeness (QED) is 0.516. The van der Waals surface area contributed by atoms with Crippen molar-refractivity contribution in [1.82, 2.24) is 9.55 Å². The maximum absolute atomic E-state index is 11.7. The van der Waals surface area contributed by atoms with Crippen LogP contribution in [0, 0.1) is 10.1 Å². The van der Waals surface area contributed by atoms with Crippen molar-refractivity contribution in [2.24, 2.45) is 0 Å². The van der Waals surface area contributed by atoms with Crippen LogP contribution in [0.4, 0.5) is 11.4 Å². The molecule has 1 N–H and O–H groups in total. The van der Waals surface area contributed by atoms with Gasteiger partial charge in [0.05, 0.1) is 48.5 Å². The number of imidazole rings is 1. The number of hydrogen-bond acceptors (Lipinski definition) is 6. The van der Waals surface area contributed by atoms with Crippen LogP contribution in [0.2, 0.25) is 0 Å². The van der Waals surface area contributed by atoms with Gasteiger partial charge in [-0.1, -0.05) is 30.3 Å². The Labute approximate surface area is 173 Å². The Hall–Kier alpha value is -3.23. The second kappa shape index (κ2) is 7.55. The van der Waals surface area contributed by atoms with E-state index in [9.17, 15) is 15.2 Å². The van der Waals surface area contributed by atoms with E-state index in [1.807, 2.05) is 23.2 Å². The van der Waals surface area contributed by atoms with E-state index in [1.165, 1.54) is 6.07 Å². The lowest BCUT2D eigenvalue weighted by Gasteiger charge is -2.28. The van der Waals surface area contributed by atoms with Gasteiger partial charge in [-0.05, 0) is 17.2 Å². The molecule has 2 aliphatic heterocycles. The van der Waals surface area contributed by atoms with Gasteiger partial charge in [-0.25, -0.2) is 4.98 Å². The minimum Gasteiger partial charge on any atom is -0.388 e. The van der Waals surface area contributed by atoms with Crippen LogP contribution < -0.4 is 4.90 Å². The zero-order chi connectivity index (χ0) is 20.7. The number of nitrogens with zero attached hydrogens (tertiary/aromatic N) is 4. The number of benzene rings is 2. The number of aliphatic hydroxyl groups is 1. The number of anilines is 1. The van der Waals surface area contributed by atoms with Crippen molar-refractivity contribution in [3.05, 3.63) is 76.2 Å². The molecule has 2 aliphatic rings. The van der Waals surface area contributed by atoms with Crippen LogP contribution in [0.25, 0.3) is 11.3 Å². The van der Waals surface area contributed by atoms with Crippen molar-refractivity contribution in [2.75, 3.05) is 31.2 Å². The maximum Gasteiger partial charge on any atom is 0.292 e. The Morgan fingerprint density at radius 2 is 2.03 bits per heavy atom. The smallest absolute Gasteiger partial charge is 0.292 e. The summed E-state index contributed by atoms with van der Waals surface area (Å²) >= 11 is 0. The minimum absolute atomic E-state index is 0.0172. The Bertz CT molecular complexity index is 1090. The van der Waals surface area contributed by atoms with Crippen LogP contribution >= 0.6 is 0 Å². The molecule has 154 valence electrons. The highest BCUT2D eigenvalue weighted by atomic mass is 16.6. The van der Waals surface area contributed by atoms with E-state index >= 15 is 0 Å². The first kappa shape index (κ1) is 18.8. The molecule has 8 heteroatoms. The van der Waals surface area contributed by atoms with Gasteiger partial charge in [0.15, 0.2) is 0 Å². The molecule has 30 heavy (non-hydrogen) atoms. The standard InChI is InChI=1S/C22H22N4O4/c27-22(12-19-16-3-1-2-4-17(16)21-13-23-14-25(19)21)15-5-6-18(20(11-15)26(28)29)24-7-9-30-10-8-24/h1-6,11,13-14,19,22,27H,7-10,12H2. The molecule has 2 atom stereocenters. The SMILES string of the molecule is O=[N+]([O-])c1cc(C(O)CC2c3ccccc3-c3cncn32)ccc1N1CCOCC1. The van der Waals surface area contributed by atoms with Crippen LogP contribution in [-0.4, -0.2) is 45.9 Å². The number of aromatic nitrogens is 2. The average Bonchev–Trinajstić information content (AvgIpc) is 3.36. The molecule has 0 spiro atoms. The van der Waals surface area contributed by atoms with Gasteiger partial charge in [-0.15, -0.1) is 0 Å². The molecule has 0 bridgehead atoms. The maximum atomic E-state index is 11.7. The van der Waals surface area contributed by atoms with Crippen molar-refractivity contribution in [3.8, 4) is 11.3 Å². The van der Waals surface area contributed by atoms with Gasteiger partial charge in [0.25, 0.3) is 5.69 Å². The second-order valence-electron chi connectivity index (χ2n) is 7.65. The average molecular weight is 406 g/mol. The van der Waals surface area contributed by atoms with Crippen molar-refractivity contribution >= 4 is 11.4 Å². The molecule has 2 unspecified atom stereocenters. The molecule has 0 saturated carbocycles. The summed E-state index contributed by atoms with van der Waals surface area (Å²) in [4.78, 5) is 17.6. The lowest BCUT2D eigenvalue weighted by molar-refractivity contribution is -0.384. The summed E-state index contributed by atoms with van der Waals surface area (Å²) in [6, 6.07) is 13.1. The predicted octanol–water partition coefficient (Wildman–Crippen LogP) is 3.32. The molecule has 3 heterocycles. The molecule has 0 aliphatic carbocycles. The zero-order valence-corrected chi connectivity index (χ0v) is 16.3. The highest BCUT2D eigenvalue weighted by Gasteiger charge is 2.31. The molecule has 1 saturated heterocycles. The van der Waals surface area contributed by atoms with Gasteiger partial charge < -0.3 is 19.3 Å². The fourth-order valence-corrected chi connectivity index (χ4v) is 4.49. The third kappa shape index (κ3) is 3.14. The van der Waals surface area contributed by atoms with Crippen molar-refractivity contribution in [3.63, 3.8) is 0 Å². The van der Waals surface area contributed by atoms with Gasteiger partial charge in [-0.3, -0.25) is 10.1 Å². The number of hydrogen-bond donors (Lipinski definition) is 1. The minimum atomic E-state index is -0.839. The molecule has 0 amide bonds. The summed E-state index contributed by atoms with van der Waals surface area (Å²) < 4.78 is 7.41. The van der Waals surface area contributed by atoms with Crippen LogP contribution in [-0.2, 0) is 4.74 Å². The molecular formula is C22H22N4O4. The third-order valence-corrected chi connectivity index (χ3v) is 5.98. The van der Waals surface area contributed by atoms with Crippen LogP contribution in [0.15, 0.2) is 55.0 Å². The third-order valence-electron chi connectivity index (χ3n) is 5.98. The Balaban J connectivity index is 1.44. The summed E-state index contributed by atoms with van der Waals surface area (Å²) in [5.74, 6) is 0. The van der Waals surface area contributed by atoms with Gasteiger partial charge in [0.1, 0.15) is 5.69 Å². The number of nitro groups is 1. The first-order chi connectivity index (χ1) is 14.6. The van der Waals surface area contributed by atoms with E-state index in [1.54, 1.807) is 18.5 Å². The lowest BCUT2D eigenvalue weighted by atomic mass is 9.95. The first-order valence-corrected chi connectivity index (χ1v) is 10.0. The monoisotopic (exact) mass is 406 g/mol. The van der Waals surface area contributed by atoms with Gasteiger partial charge in [0.2, 0.25) is 0 Å². The number of ether oxygens (including phenoxy) is 1.